The summed E-state index contributed by atoms with van der Waals surface area (Å²) in [5, 5.41) is 0. The molecule has 1 atom stereocenters. The fraction of sp³-hybridized carbons (Fsp3) is 0.190. The predicted octanol–water partition coefficient (Wildman–Crippen LogP) is 3.89. The van der Waals surface area contributed by atoms with E-state index in [-0.39, 0.29) is 16.3 Å². The molecule has 136 valence electrons. The molecular formula is C21H23NO3S. The van der Waals surface area contributed by atoms with E-state index in [0.717, 1.165) is 11.1 Å². The van der Waals surface area contributed by atoms with E-state index in [2.05, 4.69) is 11.3 Å². The molecule has 0 unspecified atom stereocenters. The zero-order valence-corrected chi connectivity index (χ0v) is 15.8. The first-order chi connectivity index (χ1) is 12.3. The van der Waals surface area contributed by atoms with Crippen molar-refractivity contribution in [3.8, 4) is 0 Å². The van der Waals surface area contributed by atoms with E-state index in [9.17, 15) is 13.2 Å². The van der Waals surface area contributed by atoms with Gasteiger partial charge in [-0.25, -0.2) is 13.1 Å². The van der Waals surface area contributed by atoms with E-state index in [0.29, 0.717) is 6.42 Å². The molecule has 0 amide bonds. The lowest BCUT2D eigenvalue weighted by molar-refractivity contribution is -0.113. The zero-order valence-electron chi connectivity index (χ0n) is 15.0. The minimum absolute atomic E-state index is 0.163. The number of nitrogens with one attached hydrogen (secondary N) is 1. The van der Waals surface area contributed by atoms with Gasteiger partial charge in [0.25, 0.3) is 0 Å². The van der Waals surface area contributed by atoms with Crippen molar-refractivity contribution < 1.29 is 13.2 Å². The van der Waals surface area contributed by atoms with Gasteiger partial charge in [-0.2, -0.15) is 0 Å². The first-order valence-electron chi connectivity index (χ1n) is 8.30. The summed E-state index contributed by atoms with van der Waals surface area (Å²) < 4.78 is 27.9. The highest BCUT2D eigenvalue weighted by atomic mass is 32.2. The molecule has 0 aliphatic carbocycles. The third-order valence-electron chi connectivity index (χ3n) is 3.98. The van der Waals surface area contributed by atoms with Crippen molar-refractivity contribution in [2.24, 2.45) is 0 Å². The van der Waals surface area contributed by atoms with Crippen molar-refractivity contribution in [3.05, 3.63) is 84.0 Å². The number of carbonyl (C=O) groups excluding carboxylic acids is 1. The monoisotopic (exact) mass is 369 g/mol. The van der Waals surface area contributed by atoms with E-state index in [1.807, 2.05) is 49.4 Å². The summed E-state index contributed by atoms with van der Waals surface area (Å²) in [4.78, 5) is 11.9. The lowest BCUT2D eigenvalue weighted by Gasteiger charge is -2.18. The second-order valence-electron chi connectivity index (χ2n) is 6.12. The van der Waals surface area contributed by atoms with Gasteiger partial charge in [0.15, 0.2) is 5.78 Å². The quantitative estimate of drug-likeness (QED) is 0.718. The first-order valence-corrected chi connectivity index (χ1v) is 9.78. The Hall–Kier alpha value is -2.50. The Morgan fingerprint density at radius 1 is 1.12 bits per heavy atom. The first kappa shape index (κ1) is 19.8. The van der Waals surface area contributed by atoms with Crippen LogP contribution < -0.4 is 4.72 Å². The average molecular weight is 369 g/mol. The number of benzene rings is 2. The second kappa shape index (κ2) is 8.74. The summed E-state index contributed by atoms with van der Waals surface area (Å²) in [6, 6.07) is 15.5. The van der Waals surface area contributed by atoms with Crippen LogP contribution in [0.15, 0.2) is 77.7 Å². The van der Waals surface area contributed by atoms with Crippen molar-refractivity contribution in [2.75, 3.05) is 0 Å². The Morgan fingerprint density at radius 2 is 1.73 bits per heavy atom. The second-order valence-corrected chi connectivity index (χ2v) is 7.83. The standard InChI is InChI=1S/C21H23NO3S/c1-16-12-14-20(15-13-16)26(24,25)22-21(17(2)18(3)23)11-7-10-19-8-5-4-6-9-19/h4-10,12-15,21-22H,2,11H2,1,3H3/b10-7+/t21-/m0/s1. The molecule has 0 heterocycles. The number of carbonyl (C=O) groups is 1. The van der Waals surface area contributed by atoms with Gasteiger partial charge in [0.05, 0.1) is 10.9 Å². The molecule has 0 fully saturated rings. The smallest absolute Gasteiger partial charge is 0.241 e. The molecule has 0 aliphatic heterocycles. The van der Waals surface area contributed by atoms with Crippen molar-refractivity contribution >= 4 is 21.9 Å². The number of rotatable bonds is 8. The Morgan fingerprint density at radius 3 is 2.31 bits per heavy atom. The van der Waals surface area contributed by atoms with Gasteiger partial charge in [-0.05, 0) is 38.0 Å². The Balaban J connectivity index is 2.19. The number of ketones is 1. The van der Waals surface area contributed by atoms with Gasteiger partial charge in [0, 0.05) is 5.57 Å². The van der Waals surface area contributed by atoms with Crippen LogP contribution in [0.1, 0.15) is 24.5 Å². The normalized spacial score (nSPS) is 12.8. The average Bonchev–Trinajstić information content (AvgIpc) is 2.61. The van der Waals surface area contributed by atoms with Crippen molar-refractivity contribution in [2.45, 2.75) is 31.2 Å². The summed E-state index contributed by atoms with van der Waals surface area (Å²) in [6.45, 7) is 7.03. The Labute approximate surface area is 155 Å². The van der Waals surface area contributed by atoms with Crippen LogP contribution >= 0.6 is 0 Å². The van der Waals surface area contributed by atoms with E-state index in [1.54, 1.807) is 24.3 Å². The van der Waals surface area contributed by atoms with Gasteiger partial charge in [-0.3, -0.25) is 4.79 Å². The maximum absolute atomic E-state index is 12.6. The number of aryl methyl sites for hydroxylation is 1. The highest BCUT2D eigenvalue weighted by Crippen LogP contribution is 2.15. The highest BCUT2D eigenvalue weighted by Gasteiger charge is 2.23. The third-order valence-corrected chi connectivity index (χ3v) is 5.47. The van der Waals surface area contributed by atoms with Gasteiger partial charge >= 0.3 is 0 Å². The third kappa shape index (κ3) is 5.51. The zero-order chi connectivity index (χ0) is 19.2. The molecule has 1 N–H and O–H groups in total. The summed E-state index contributed by atoms with van der Waals surface area (Å²) in [5.41, 5.74) is 2.21. The van der Waals surface area contributed by atoms with E-state index in [1.165, 1.54) is 6.92 Å². The van der Waals surface area contributed by atoms with Crippen molar-refractivity contribution in [1.29, 1.82) is 0 Å². The Kier molecular flexibility index (Phi) is 6.66. The minimum atomic E-state index is -3.75. The van der Waals surface area contributed by atoms with Crippen molar-refractivity contribution in [3.63, 3.8) is 0 Å². The van der Waals surface area contributed by atoms with Crippen LogP contribution in [0.2, 0.25) is 0 Å². The lowest BCUT2D eigenvalue weighted by Crippen LogP contribution is -2.37. The topological polar surface area (TPSA) is 63.2 Å². The van der Waals surface area contributed by atoms with E-state index >= 15 is 0 Å². The molecule has 5 heteroatoms. The summed E-state index contributed by atoms with van der Waals surface area (Å²) >= 11 is 0. The molecule has 0 spiro atoms. The summed E-state index contributed by atoms with van der Waals surface area (Å²) in [7, 11) is -3.75. The van der Waals surface area contributed by atoms with Crippen molar-refractivity contribution in [1.82, 2.24) is 4.72 Å². The van der Waals surface area contributed by atoms with Crippen LogP contribution in [0.3, 0.4) is 0 Å². The predicted molar refractivity (Wildman–Crippen MR) is 105 cm³/mol. The Bertz CT molecular complexity index is 898. The number of hydrogen-bond acceptors (Lipinski definition) is 3. The van der Waals surface area contributed by atoms with Crippen LogP contribution in [0.25, 0.3) is 6.08 Å². The molecule has 0 saturated carbocycles. The summed E-state index contributed by atoms with van der Waals surface area (Å²) in [5.74, 6) is -0.241. The largest absolute Gasteiger partial charge is 0.295 e. The molecule has 0 radical (unpaired) electrons. The molecule has 0 aromatic heterocycles. The van der Waals surface area contributed by atoms with Crippen LogP contribution in [0, 0.1) is 6.92 Å². The maximum Gasteiger partial charge on any atom is 0.241 e. The number of hydrogen-bond donors (Lipinski definition) is 1. The molecule has 26 heavy (non-hydrogen) atoms. The maximum atomic E-state index is 12.6. The molecule has 0 saturated heterocycles. The lowest BCUT2D eigenvalue weighted by atomic mass is 10.0. The highest BCUT2D eigenvalue weighted by molar-refractivity contribution is 7.89. The molecular weight excluding hydrogens is 346 g/mol. The molecule has 0 bridgehead atoms. The fourth-order valence-corrected chi connectivity index (χ4v) is 3.63. The fourth-order valence-electron chi connectivity index (χ4n) is 2.38. The molecule has 2 aromatic carbocycles. The van der Waals surface area contributed by atoms with E-state index in [4.69, 9.17) is 0 Å². The van der Waals surface area contributed by atoms with Crippen LogP contribution in [0.5, 0.6) is 0 Å². The molecule has 4 nitrogen and oxygen atoms in total. The minimum Gasteiger partial charge on any atom is -0.295 e. The molecule has 2 aromatic rings. The number of Topliss-reactive ketones (excluding diaryl/α,β-unsaturated/α-hetero) is 1. The van der Waals surface area contributed by atoms with Gasteiger partial charge < -0.3 is 0 Å². The van der Waals surface area contributed by atoms with Gasteiger partial charge in [0.2, 0.25) is 10.0 Å². The molecule has 2 rings (SSSR count). The van der Waals surface area contributed by atoms with E-state index < -0.39 is 16.1 Å². The SMILES string of the molecule is C=C(C(C)=O)[C@H](C/C=C/c1ccccc1)NS(=O)(=O)c1ccc(C)cc1. The van der Waals surface area contributed by atoms with Gasteiger partial charge in [0.1, 0.15) is 0 Å². The van der Waals surface area contributed by atoms with Gasteiger partial charge in [-0.1, -0.05) is 66.8 Å². The van der Waals surface area contributed by atoms with Crippen LogP contribution in [-0.4, -0.2) is 20.2 Å². The van der Waals surface area contributed by atoms with Crippen LogP contribution in [-0.2, 0) is 14.8 Å². The molecule has 0 aliphatic rings. The van der Waals surface area contributed by atoms with Crippen LogP contribution in [0.4, 0.5) is 0 Å². The van der Waals surface area contributed by atoms with Gasteiger partial charge in [-0.15, -0.1) is 0 Å². The number of sulfonamides is 1. The summed E-state index contributed by atoms with van der Waals surface area (Å²) in [6.07, 6.45) is 4.06.